The molecule has 5 N–H and O–H groups in total. The van der Waals surface area contributed by atoms with E-state index in [1.165, 1.54) is 39.0 Å². The second kappa shape index (κ2) is 12.8. The molecule has 1 saturated carbocycles. The summed E-state index contributed by atoms with van der Waals surface area (Å²) in [6, 6.07) is 6.07. The van der Waals surface area contributed by atoms with Gasteiger partial charge in [0, 0.05) is 18.7 Å². The van der Waals surface area contributed by atoms with Crippen LogP contribution >= 0.6 is 12.4 Å². The van der Waals surface area contributed by atoms with Crippen molar-refractivity contribution in [2.45, 2.75) is 71.0 Å². The molecular formula is C24H38ClN5O4S. The van der Waals surface area contributed by atoms with Crippen LogP contribution in [0.3, 0.4) is 0 Å². The normalized spacial score (nSPS) is 22.9. The van der Waals surface area contributed by atoms with E-state index >= 15 is 0 Å². The number of hydrogen-bond donors (Lipinski definition) is 3. The molecule has 35 heavy (non-hydrogen) atoms. The van der Waals surface area contributed by atoms with E-state index in [0.717, 1.165) is 18.5 Å². The first-order valence-corrected chi connectivity index (χ1v) is 13.7. The zero-order valence-electron chi connectivity index (χ0n) is 20.5. The SMILES string of the molecule is CCS(=O)(=O)N=C(N)c1ccc(CN2CC(C3CCCCC3)C[C@H]2C(=O)NC(=O)[C@H](C)N)cc1.Cl. The number of benzene rings is 1. The zero-order chi connectivity index (χ0) is 24.9. The molecule has 11 heteroatoms. The minimum Gasteiger partial charge on any atom is -0.383 e. The molecule has 3 atom stereocenters. The Balaban J connectivity index is 0.00000432. The molecule has 1 aromatic carbocycles. The molecule has 1 aliphatic heterocycles. The van der Waals surface area contributed by atoms with Crippen LogP contribution in [0.15, 0.2) is 28.7 Å². The summed E-state index contributed by atoms with van der Waals surface area (Å²) in [4.78, 5) is 27.2. The van der Waals surface area contributed by atoms with Gasteiger partial charge in [0.25, 0.3) is 10.0 Å². The molecule has 2 fully saturated rings. The predicted octanol–water partition coefficient (Wildman–Crippen LogP) is 1.92. The first-order valence-electron chi connectivity index (χ1n) is 12.1. The lowest BCUT2D eigenvalue weighted by molar-refractivity contribution is -0.133. The summed E-state index contributed by atoms with van der Waals surface area (Å²) >= 11 is 0. The predicted molar refractivity (Wildman–Crippen MR) is 140 cm³/mol. The maximum Gasteiger partial charge on any atom is 0.254 e. The fourth-order valence-electron chi connectivity index (χ4n) is 4.93. The topological polar surface area (TPSA) is 148 Å². The lowest BCUT2D eigenvalue weighted by Gasteiger charge is -2.27. The van der Waals surface area contributed by atoms with E-state index < -0.39 is 28.0 Å². The fourth-order valence-corrected chi connectivity index (χ4v) is 5.47. The number of nitrogens with two attached hydrogens (primary N) is 2. The van der Waals surface area contributed by atoms with Gasteiger partial charge < -0.3 is 11.5 Å². The van der Waals surface area contributed by atoms with E-state index in [1.54, 1.807) is 19.1 Å². The highest BCUT2D eigenvalue weighted by atomic mass is 35.5. The van der Waals surface area contributed by atoms with Crippen molar-refractivity contribution in [1.29, 1.82) is 0 Å². The van der Waals surface area contributed by atoms with Crippen molar-refractivity contribution in [3.63, 3.8) is 0 Å². The van der Waals surface area contributed by atoms with Crippen molar-refractivity contribution in [3.8, 4) is 0 Å². The molecule has 0 bridgehead atoms. The molecule has 196 valence electrons. The smallest absolute Gasteiger partial charge is 0.254 e. The number of amides is 2. The van der Waals surface area contributed by atoms with E-state index in [4.69, 9.17) is 11.5 Å². The summed E-state index contributed by atoms with van der Waals surface area (Å²) in [5, 5.41) is 2.48. The minimum atomic E-state index is -3.57. The van der Waals surface area contributed by atoms with Gasteiger partial charge in [-0.2, -0.15) is 0 Å². The zero-order valence-corrected chi connectivity index (χ0v) is 22.1. The highest BCUT2D eigenvalue weighted by molar-refractivity contribution is 7.90. The van der Waals surface area contributed by atoms with Crippen LogP contribution in [0, 0.1) is 11.8 Å². The standard InChI is InChI=1S/C24H37N5O4S.ClH/c1-3-34(32,33)28-22(26)19-11-9-17(10-12-19)14-29-15-20(18-7-5-4-6-8-18)13-21(29)24(31)27-23(30)16(2)25;/h9-12,16,18,20-21H,3-8,13-15,25H2,1-2H3,(H2,26,28)(H,27,30,31);1H/t16-,20?,21-;/m0./s1. The largest absolute Gasteiger partial charge is 0.383 e. The van der Waals surface area contributed by atoms with Gasteiger partial charge in [-0.15, -0.1) is 16.8 Å². The summed E-state index contributed by atoms with van der Waals surface area (Å²) in [7, 11) is -3.57. The van der Waals surface area contributed by atoms with Gasteiger partial charge in [0.1, 0.15) is 5.84 Å². The minimum absolute atomic E-state index is 0. The van der Waals surface area contributed by atoms with Crippen molar-refractivity contribution in [2.75, 3.05) is 12.3 Å². The number of carbonyl (C=O) groups is 2. The van der Waals surface area contributed by atoms with E-state index in [2.05, 4.69) is 14.6 Å². The third-order valence-corrected chi connectivity index (χ3v) is 8.16. The number of sulfonamides is 1. The van der Waals surface area contributed by atoms with Gasteiger partial charge in [-0.05, 0) is 37.7 Å². The van der Waals surface area contributed by atoms with Crippen LogP contribution in [-0.4, -0.2) is 55.3 Å². The Bertz CT molecular complexity index is 1010. The Morgan fingerprint density at radius 1 is 1.14 bits per heavy atom. The Labute approximate surface area is 214 Å². The van der Waals surface area contributed by atoms with Gasteiger partial charge in [-0.25, -0.2) is 8.42 Å². The van der Waals surface area contributed by atoms with Crippen LogP contribution in [0.4, 0.5) is 0 Å². The highest BCUT2D eigenvalue weighted by Gasteiger charge is 2.40. The first kappa shape index (κ1) is 29.2. The molecule has 0 radical (unpaired) electrons. The lowest BCUT2D eigenvalue weighted by atomic mass is 9.79. The number of nitrogens with zero attached hydrogens (tertiary/aromatic N) is 2. The maximum absolute atomic E-state index is 13.0. The van der Waals surface area contributed by atoms with Gasteiger partial charge in [-0.3, -0.25) is 19.8 Å². The molecule has 9 nitrogen and oxygen atoms in total. The summed E-state index contributed by atoms with van der Waals surface area (Å²) in [5.41, 5.74) is 13.0. The molecule has 0 aromatic heterocycles. The number of carbonyl (C=O) groups excluding carboxylic acids is 2. The Morgan fingerprint density at radius 2 is 1.77 bits per heavy atom. The third-order valence-electron chi connectivity index (χ3n) is 6.95. The average Bonchev–Trinajstić information content (AvgIpc) is 3.23. The second-order valence-corrected chi connectivity index (χ2v) is 11.4. The number of rotatable bonds is 8. The van der Waals surface area contributed by atoms with Crippen molar-refractivity contribution in [1.82, 2.24) is 10.2 Å². The van der Waals surface area contributed by atoms with E-state index in [1.807, 2.05) is 12.1 Å². The molecule has 1 unspecified atom stereocenters. The van der Waals surface area contributed by atoms with Crippen LogP contribution < -0.4 is 16.8 Å². The molecule has 2 aliphatic rings. The van der Waals surface area contributed by atoms with Gasteiger partial charge in [0.05, 0.1) is 17.8 Å². The van der Waals surface area contributed by atoms with E-state index in [0.29, 0.717) is 23.9 Å². The summed E-state index contributed by atoms with van der Waals surface area (Å²) in [6.07, 6.45) is 6.87. The van der Waals surface area contributed by atoms with Crippen LogP contribution in [-0.2, 0) is 26.2 Å². The van der Waals surface area contributed by atoms with Crippen LogP contribution in [0.2, 0.25) is 0 Å². The third kappa shape index (κ3) is 7.99. The maximum atomic E-state index is 13.0. The van der Waals surface area contributed by atoms with Crippen LogP contribution in [0.1, 0.15) is 63.5 Å². The molecule has 1 heterocycles. The molecule has 3 rings (SSSR count). The Kier molecular flexibility index (Phi) is 10.7. The number of likely N-dealkylation sites (tertiary alicyclic amines) is 1. The summed E-state index contributed by atoms with van der Waals surface area (Å²) in [6.45, 7) is 4.41. The number of nitrogens with one attached hydrogen (secondary N) is 1. The van der Waals surface area contributed by atoms with Crippen molar-refractivity contribution in [2.24, 2.45) is 27.7 Å². The van der Waals surface area contributed by atoms with Gasteiger partial charge in [0.15, 0.2) is 0 Å². The quantitative estimate of drug-likeness (QED) is 0.345. The van der Waals surface area contributed by atoms with Crippen LogP contribution in [0.25, 0.3) is 0 Å². The number of amidine groups is 1. The second-order valence-electron chi connectivity index (χ2n) is 9.53. The van der Waals surface area contributed by atoms with Crippen molar-refractivity contribution >= 4 is 40.1 Å². The number of halogens is 1. The molecule has 1 saturated heterocycles. The monoisotopic (exact) mass is 527 g/mol. The number of imide groups is 1. The molecule has 2 amide bonds. The lowest BCUT2D eigenvalue weighted by Crippen LogP contribution is -2.49. The van der Waals surface area contributed by atoms with E-state index in [-0.39, 0.29) is 29.9 Å². The average molecular weight is 528 g/mol. The van der Waals surface area contributed by atoms with Gasteiger partial charge in [0.2, 0.25) is 11.8 Å². The molecule has 1 aliphatic carbocycles. The first-order chi connectivity index (χ1) is 16.1. The summed E-state index contributed by atoms with van der Waals surface area (Å²) < 4.78 is 27.1. The molecule has 1 aromatic rings. The number of hydrogen-bond acceptors (Lipinski definition) is 6. The van der Waals surface area contributed by atoms with Gasteiger partial charge >= 0.3 is 0 Å². The molecule has 0 spiro atoms. The Morgan fingerprint density at radius 3 is 2.34 bits per heavy atom. The summed E-state index contributed by atoms with van der Waals surface area (Å²) in [5.74, 6) is 0.113. The van der Waals surface area contributed by atoms with Crippen molar-refractivity contribution < 1.29 is 18.0 Å². The van der Waals surface area contributed by atoms with Gasteiger partial charge in [-0.1, -0.05) is 56.4 Å². The fraction of sp³-hybridized carbons (Fsp3) is 0.625. The van der Waals surface area contributed by atoms with E-state index in [9.17, 15) is 18.0 Å². The van der Waals surface area contributed by atoms with Crippen molar-refractivity contribution in [3.05, 3.63) is 35.4 Å². The van der Waals surface area contributed by atoms with Crippen LogP contribution in [0.5, 0.6) is 0 Å². The molecular weight excluding hydrogens is 490 g/mol. The Hall–Kier alpha value is -2.01. The highest BCUT2D eigenvalue weighted by Crippen LogP contribution is 2.38.